The molecule has 1 saturated heterocycles. The third kappa shape index (κ3) is 5.04. The van der Waals surface area contributed by atoms with E-state index >= 15 is 0 Å². The van der Waals surface area contributed by atoms with Gasteiger partial charge in [0, 0.05) is 38.4 Å². The first-order chi connectivity index (χ1) is 13.1. The Kier molecular flexibility index (Phi) is 6.40. The molecular weight excluding hydrogens is 340 g/mol. The van der Waals surface area contributed by atoms with Crippen molar-refractivity contribution in [3.8, 4) is 11.3 Å². The van der Waals surface area contributed by atoms with Gasteiger partial charge < -0.3 is 15.0 Å². The van der Waals surface area contributed by atoms with Crippen molar-refractivity contribution in [1.29, 1.82) is 0 Å². The zero-order chi connectivity index (χ0) is 19.2. The largest absolute Gasteiger partial charge is 0.383 e. The van der Waals surface area contributed by atoms with Gasteiger partial charge in [0.15, 0.2) is 0 Å². The molecule has 1 amide bonds. The fourth-order valence-corrected chi connectivity index (χ4v) is 3.68. The summed E-state index contributed by atoms with van der Waals surface area (Å²) >= 11 is 0. The first-order valence-electron chi connectivity index (χ1n) is 9.52. The van der Waals surface area contributed by atoms with Gasteiger partial charge in [0.2, 0.25) is 11.9 Å². The van der Waals surface area contributed by atoms with E-state index in [9.17, 15) is 4.79 Å². The highest BCUT2D eigenvalue weighted by atomic mass is 16.5. The molecule has 2 heterocycles. The van der Waals surface area contributed by atoms with E-state index < -0.39 is 0 Å². The lowest BCUT2D eigenvalue weighted by Crippen LogP contribution is -2.34. The highest BCUT2D eigenvalue weighted by Gasteiger charge is 2.26. The van der Waals surface area contributed by atoms with Crippen LogP contribution in [0.25, 0.3) is 11.3 Å². The van der Waals surface area contributed by atoms with E-state index in [2.05, 4.69) is 39.5 Å². The molecule has 1 N–H and O–H groups in total. The van der Waals surface area contributed by atoms with Crippen LogP contribution in [-0.4, -0.2) is 48.2 Å². The summed E-state index contributed by atoms with van der Waals surface area (Å²) in [6.45, 7) is 5.23. The lowest BCUT2D eigenvalue weighted by molar-refractivity contribution is -0.119. The predicted octanol–water partition coefficient (Wildman–Crippen LogP) is 2.83. The molecule has 2 atom stereocenters. The Morgan fingerprint density at radius 1 is 1.33 bits per heavy atom. The Hall–Kier alpha value is -2.47. The molecule has 144 valence electrons. The molecular formula is C21H28N4O2. The Labute approximate surface area is 161 Å². The minimum Gasteiger partial charge on any atom is -0.383 e. The first-order valence-corrected chi connectivity index (χ1v) is 9.52. The van der Waals surface area contributed by atoms with Crippen LogP contribution < -0.4 is 10.2 Å². The van der Waals surface area contributed by atoms with Gasteiger partial charge in [-0.1, -0.05) is 24.3 Å². The number of hydrogen-bond acceptors (Lipinski definition) is 5. The summed E-state index contributed by atoms with van der Waals surface area (Å²) < 4.78 is 5.34. The Bertz CT molecular complexity index is 763. The molecule has 1 aliphatic rings. The molecule has 0 bridgehead atoms. The number of benzene rings is 1. The normalized spacial score (nSPS) is 17.7. The summed E-state index contributed by atoms with van der Waals surface area (Å²) in [5, 5.41) is 2.92. The number of hydrogen-bond donors (Lipinski definition) is 1. The van der Waals surface area contributed by atoms with Gasteiger partial charge in [-0.3, -0.25) is 4.79 Å². The van der Waals surface area contributed by atoms with Crippen molar-refractivity contribution < 1.29 is 9.53 Å². The van der Waals surface area contributed by atoms with Crippen LogP contribution in [0.4, 0.5) is 5.95 Å². The summed E-state index contributed by atoms with van der Waals surface area (Å²) in [6, 6.07) is 10.8. The molecule has 6 heteroatoms. The summed E-state index contributed by atoms with van der Waals surface area (Å²) in [5.41, 5.74) is 3.18. The standard InChI is InChI=1S/C21H28N4O2/c1-15(23-16(2)26)13-17-6-8-18(9-7-17)20-10-11-22-21(24-20)25-12-4-5-19(25)14-27-3/h6-11,15,19H,4-5,12-14H2,1-3H3,(H,23,26). The van der Waals surface area contributed by atoms with E-state index in [0.29, 0.717) is 12.6 Å². The van der Waals surface area contributed by atoms with Crippen LogP contribution in [0.1, 0.15) is 32.3 Å². The molecule has 1 aliphatic heterocycles. The number of nitrogens with zero attached hydrogens (tertiary/aromatic N) is 3. The van der Waals surface area contributed by atoms with Gasteiger partial charge in [-0.05, 0) is 37.8 Å². The number of carbonyl (C=O) groups excluding carboxylic acids is 1. The van der Waals surface area contributed by atoms with Crippen LogP contribution >= 0.6 is 0 Å². The molecule has 0 spiro atoms. The van der Waals surface area contributed by atoms with Crippen molar-refractivity contribution in [1.82, 2.24) is 15.3 Å². The van der Waals surface area contributed by atoms with Crippen LogP contribution in [-0.2, 0) is 16.0 Å². The number of aromatic nitrogens is 2. The van der Waals surface area contributed by atoms with Crippen molar-refractivity contribution in [2.45, 2.75) is 45.2 Å². The van der Waals surface area contributed by atoms with Gasteiger partial charge in [0.1, 0.15) is 0 Å². The number of nitrogens with one attached hydrogen (secondary N) is 1. The number of carbonyl (C=O) groups is 1. The molecule has 0 aliphatic carbocycles. The molecule has 27 heavy (non-hydrogen) atoms. The highest BCUT2D eigenvalue weighted by Crippen LogP contribution is 2.25. The smallest absolute Gasteiger partial charge is 0.226 e. The first kappa shape index (κ1) is 19.3. The number of ether oxygens (including phenoxy) is 1. The zero-order valence-corrected chi connectivity index (χ0v) is 16.3. The average molecular weight is 368 g/mol. The fourth-order valence-electron chi connectivity index (χ4n) is 3.68. The summed E-state index contributed by atoms with van der Waals surface area (Å²) in [5.74, 6) is 0.775. The maximum absolute atomic E-state index is 11.2. The van der Waals surface area contributed by atoms with E-state index in [1.165, 1.54) is 5.56 Å². The molecule has 2 unspecified atom stereocenters. The second-order valence-electron chi connectivity index (χ2n) is 7.19. The number of rotatable bonds is 7. The summed E-state index contributed by atoms with van der Waals surface area (Å²) in [4.78, 5) is 22.7. The second kappa shape index (κ2) is 8.95. The molecule has 1 aromatic carbocycles. The topological polar surface area (TPSA) is 67.3 Å². The van der Waals surface area contributed by atoms with E-state index in [4.69, 9.17) is 9.72 Å². The average Bonchev–Trinajstić information content (AvgIpc) is 3.10. The van der Waals surface area contributed by atoms with Gasteiger partial charge in [-0.2, -0.15) is 0 Å². The van der Waals surface area contributed by atoms with Crippen molar-refractivity contribution >= 4 is 11.9 Å². The lowest BCUT2D eigenvalue weighted by atomic mass is 10.0. The van der Waals surface area contributed by atoms with E-state index in [-0.39, 0.29) is 11.9 Å². The van der Waals surface area contributed by atoms with Crippen molar-refractivity contribution in [2.24, 2.45) is 0 Å². The van der Waals surface area contributed by atoms with Crippen molar-refractivity contribution in [3.63, 3.8) is 0 Å². The summed E-state index contributed by atoms with van der Waals surface area (Å²) in [7, 11) is 1.74. The number of anilines is 1. The Morgan fingerprint density at radius 3 is 2.81 bits per heavy atom. The predicted molar refractivity (Wildman–Crippen MR) is 107 cm³/mol. The molecule has 0 radical (unpaired) electrons. The molecule has 6 nitrogen and oxygen atoms in total. The second-order valence-corrected chi connectivity index (χ2v) is 7.19. The van der Waals surface area contributed by atoms with Gasteiger partial charge in [0.25, 0.3) is 0 Å². The maximum atomic E-state index is 11.2. The van der Waals surface area contributed by atoms with Gasteiger partial charge in [-0.15, -0.1) is 0 Å². The number of amides is 1. The maximum Gasteiger partial charge on any atom is 0.226 e. The van der Waals surface area contributed by atoms with Crippen molar-refractivity contribution in [3.05, 3.63) is 42.1 Å². The highest BCUT2D eigenvalue weighted by molar-refractivity contribution is 5.73. The van der Waals surface area contributed by atoms with E-state index in [1.807, 2.05) is 19.2 Å². The third-order valence-corrected chi connectivity index (χ3v) is 4.88. The van der Waals surface area contributed by atoms with Crippen molar-refractivity contribution in [2.75, 3.05) is 25.2 Å². The molecule has 1 aromatic heterocycles. The minimum atomic E-state index is 0.00123. The molecule has 2 aromatic rings. The quantitative estimate of drug-likeness (QED) is 0.814. The fraction of sp³-hybridized carbons (Fsp3) is 0.476. The van der Waals surface area contributed by atoms with Crippen LogP contribution in [0.5, 0.6) is 0 Å². The SMILES string of the molecule is COCC1CCCN1c1nccc(-c2ccc(CC(C)NC(C)=O)cc2)n1. The van der Waals surface area contributed by atoms with Crippen LogP contribution in [0.3, 0.4) is 0 Å². The van der Waals surface area contributed by atoms with E-state index in [0.717, 1.165) is 43.0 Å². The minimum absolute atomic E-state index is 0.00123. The van der Waals surface area contributed by atoms with Crippen LogP contribution in [0.15, 0.2) is 36.5 Å². The molecule has 3 rings (SSSR count). The third-order valence-electron chi connectivity index (χ3n) is 4.88. The Morgan fingerprint density at radius 2 is 2.11 bits per heavy atom. The number of methoxy groups -OCH3 is 1. The zero-order valence-electron chi connectivity index (χ0n) is 16.3. The van der Waals surface area contributed by atoms with Crippen LogP contribution in [0, 0.1) is 0 Å². The molecule has 1 fully saturated rings. The van der Waals surface area contributed by atoms with Gasteiger partial charge in [-0.25, -0.2) is 9.97 Å². The van der Waals surface area contributed by atoms with Gasteiger partial charge in [0.05, 0.1) is 18.3 Å². The van der Waals surface area contributed by atoms with Gasteiger partial charge >= 0.3 is 0 Å². The lowest BCUT2D eigenvalue weighted by Gasteiger charge is -2.24. The monoisotopic (exact) mass is 368 g/mol. The van der Waals surface area contributed by atoms with E-state index in [1.54, 1.807) is 14.0 Å². The van der Waals surface area contributed by atoms with Crippen LogP contribution in [0.2, 0.25) is 0 Å². The summed E-state index contributed by atoms with van der Waals surface area (Å²) in [6.07, 6.45) is 4.89. The molecule has 0 saturated carbocycles. The Balaban J connectivity index is 1.72.